The number of fused-ring (bicyclic) bond motifs is 1. The van der Waals surface area contributed by atoms with Crippen molar-refractivity contribution in [3.63, 3.8) is 0 Å². The van der Waals surface area contributed by atoms with Gasteiger partial charge in [-0.2, -0.15) is 0 Å². The Morgan fingerprint density at radius 3 is 2.40 bits per heavy atom. The number of aromatic nitrogens is 1. The lowest BCUT2D eigenvalue weighted by molar-refractivity contribution is -0.128. The van der Waals surface area contributed by atoms with Crippen molar-refractivity contribution in [1.29, 1.82) is 0 Å². The number of rotatable bonds is 7. The molecule has 0 bridgehead atoms. The topological polar surface area (TPSA) is 72.0 Å². The summed E-state index contributed by atoms with van der Waals surface area (Å²) in [7, 11) is 0. The van der Waals surface area contributed by atoms with Gasteiger partial charge in [-0.05, 0) is 98.1 Å². The number of likely N-dealkylation sites (tertiary alicyclic amines) is 2. The zero-order valence-electron chi connectivity index (χ0n) is 24.0. The molecule has 1 unspecified atom stereocenters. The first-order valence-electron chi connectivity index (χ1n) is 15.2. The van der Waals surface area contributed by atoms with Crippen LogP contribution in [0.5, 0.6) is 0 Å². The van der Waals surface area contributed by atoms with E-state index in [-0.39, 0.29) is 11.8 Å². The minimum absolute atomic E-state index is 0.153. The molecule has 0 aliphatic carbocycles. The van der Waals surface area contributed by atoms with Crippen molar-refractivity contribution in [3.8, 4) is 0 Å². The molecule has 42 heavy (non-hydrogen) atoms. The molecule has 3 aliphatic rings. The van der Waals surface area contributed by atoms with E-state index in [1.807, 2.05) is 0 Å². The molecule has 0 radical (unpaired) electrons. The maximum atomic E-state index is 13.4. The summed E-state index contributed by atoms with van der Waals surface area (Å²) in [5.41, 5.74) is 4.16. The van der Waals surface area contributed by atoms with Crippen molar-refractivity contribution in [1.82, 2.24) is 14.8 Å². The zero-order valence-corrected chi connectivity index (χ0v) is 24.0. The van der Waals surface area contributed by atoms with Crippen LogP contribution in [0.3, 0.4) is 0 Å². The Kier molecular flexibility index (Phi) is 8.88. The highest BCUT2D eigenvalue weighted by Gasteiger charge is 2.30. The van der Waals surface area contributed by atoms with Gasteiger partial charge in [-0.15, -0.1) is 0 Å². The van der Waals surface area contributed by atoms with Crippen LogP contribution in [0.2, 0.25) is 0 Å². The van der Waals surface area contributed by atoms with Gasteiger partial charge in [0.05, 0.1) is 19.3 Å². The van der Waals surface area contributed by atoms with E-state index in [9.17, 15) is 18.7 Å². The highest BCUT2D eigenvalue weighted by atomic mass is 19.1. The number of nitrogens with zero attached hydrogens (tertiary/aromatic N) is 3. The fourth-order valence-electron chi connectivity index (χ4n) is 6.78. The monoisotopic (exact) mass is 578 g/mol. The average Bonchev–Trinajstić information content (AvgIpc) is 3.44. The summed E-state index contributed by atoms with van der Waals surface area (Å²) in [6, 6.07) is 9.92. The van der Waals surface area contributed by atoms with Gasteiger partial charge < -0.3 is 29.5 Å². The van der Waals surface area contributed by atoms with Crippen molar-refractivity contribution in [2.45, 2.75) is 37.7 Å². The number of hydrogen-bond acceptors (Lipinski definition) is 5. The lowest BCUT2D eigenvalue weighted by atomic mass is 9.87. The smallest absolute Gasteiger partial charge is 0.246 e. The number of H-pyrrole nitrogens is 1. The number of hydrogen-bond donors (Lipinski definition) is 2. The largest absolute Gasteiger partial charge is 0.392 e. The number of anilines is 1. The summed E-state index contributed by atoms with van der Waals surface area (Å²) in [5.74, 6) is -0.864. The standard InChI is InChI=1S/C33H40F2N4O3/c34-26-17-23(18-27(35)19-26)1-4-33(41)39-11-7-25(8-12-39)32(40)22-37-9-5-24(6-10-37)30-21-36-31-3-2-28(20-29(30)31)38-13-15-42-16-14-38/h1-4,17-21,24-25,32,36,40H,5-16,22H2/b4-1+. The molecule has 0 saturated carbocycles. The molecule has 3 aromatic rings. The second kappa shape index (κ2) is 12.9. The van der Waals surface area contributed by atoms with E-state index in [0.29, 0.717) is 31.1 Å². The van der Waals surface area contributed by atoms with Crippen LogP contribution in [-0.4, -0.2) is 90.9 Å². The molecular formula is C33H40F2N4O3. The first kappa shape index (κ1) is 28.8. The number of morpholine rings is 1. The van der Waals surface area contributed by atoms with Gasteiger partial charge in [0.2, 0.25) is 5.91 Å². The Balaban J connectivity index is 0.972. The van der Waals surface area contributed by atoms with Crippen LogP contribution < -0.4 is 4.90 Å². The molecule has 2 N–H and O–H groups in total. The van der Waals surface area contributed by atoms with Crippen molar-refractivity contribution in [3.05, 3.63) is 71.4 Å². The van der Waals surface area contributed by atoms with Gasteiger partial charge >= 0.3 is 0 Å². The first-order valence-corrected chi connectivity index (χ1v) is 15.2. The quantitative estimate of drug-likeness (QED) is 0.395. The number of ether oxygens (including phenoxy) is 1. The number of halogens is 2. The summed E-state index contributed by atoms with van der Waals surface area (Å²) in [5, 5.41) is 12.4. The Bertz CT molecular complexity index is 1380. The second-order valence-corrected chi connectivity index (χ2v) is 11.9. The maximum absolute atomic E-state index is 13.4. The van der Waals surface area contributed by atoms with Gasteiger partial charge in [0, 0.05) is 67.7 Å². The summed E-state index contributed by atoms with van der Waals surface area (Å²) in [6.07, 6.45) is 8.19. The van der Waals surface area contributed by atoms with Crippen molar-refractivity contribution in [2.24, 2.45) is 5.92 Å². The fraction of sp³-hybridized carbons (Fsp3) is 0.485. The van der Waals surface area contributed by atoms with Crippen LogP contribution >= 0.6 is 0 Å². The molecule has 0 spiro atoms. The van der Waals surface area contributed by atoms with E-state index in [2.05, 4.69) is 39.2 Å². The number of aliphatic hydroxyl groups excluding tert-OH is 1. The minimum Gasteiger partial charge on any atom is -0.392 e. The predicted molar refractivity (Wildman–Crippen MR) is 160 cm³/mol. The summed E-state index contributed by atoms with van der Waals surface area (Å²) in [6.45, 7) is 7.12. The van der Waals surface area contributed by atoms with E-state index in [0.717, 1.165) is 71.1 Å². The minimum atomic E-state index is -0.669. The van der Waals surface area contributed by atoms with Crippen LogP contribution in [-0.2, 0) is 9.53 Å². The van der Waals surface area contributed by atoms with E-state index >= 15 is 0 Å². The van der Waals surface area contributed by atoms with Gasteiger partial charge in [-0.1, -0.05) is 0 Å². The van der Waals surface area contributed by atoms with Gasteiger partial charge in [0.1, 0.15) is 11.6 Å². The third-order valence-corrected chi connectivity index (χ3v) is 9.24. The van der Waals surface area contributed by atoms with Crippen LogP contribution in [0.25, 0.3) is 17.0 Å². The van der Waals surface area contributed by atoms with Crippen LogP contribution in [0.15, 0.2) is 48.7 Å². The number of piperidine rings is 2. The van der Waals surface area contributed by atoms with E-state index in [1.165, 1.54) is 46.4 Å². The number of nitrogens with one attached hydrogen (secondary N) is 1. The van der Waals surface area contributed by atoms with Crippen LogP contribution in [0.1, 0.15) is 42.7 Å². The number of carbonyl (C=O) groups excluding carboxylic acids is 1. The summed E-state index contributed by atoms with van der Waals surface area (Å²) < 4.78 is 32.3. The molecule has 1 amide bonds. The van der Waals surface area contributed by atoms with E-state index in [1.54, 1.807) is 4.90 Å². The normalized spacial score (nSPS) is 20.5. The molecule has 224 valence electrons. The molecular weight excluding hydrogens is 538 g/mol. The zero-order chi connectivity index (χ0) is 29.1. The number of β-amino-alcohol motifs (C(OH)–C–C–N with tert-alkyl or cyclic N) is 1. The van der Waals surface area contributed by atoms with E-state index < -0.39 is 17.7 Å². The number of amides is 1. The maximum Gasteiger partial charge on any atom is 0.246 e. The molecule has 3 fully saturated rings. The lowest BCUT2D eigenvalue weighted by Gasteiger charge is -2.37. The SMILES string of the molecule is O=C(/C=C/c1cc(F)cc(F)c1)N1CCC(C(O)CN2CCC(c3c[nH]c4ccc(N5CCOCC5)cc34)CC2)CC1. The molecule has 3 saturated heterocycles. The molecule has 9 heteroatoms. The van der Waals surface area contributed by atoms with Gasteiger partial charge in [0.15, 0.2) is 0 Å². The molecule has 7 nitrogen and oxygen atoms in total. The molecule has 2 aromatic carbocycles. The Morgan fingerprint density at radius 2 is 1.69 bits per heavy atom. The van der Waals surface area contributed by atoms with Gasteiger partial charge in [-0.3, -0.25) is 4.79 Å². The van der Waals surface area contributed by atoms with Gasteiger partial charge in [0.25, 0.3) is 0 Å². The van der Waals surface area contributed by atoms with Crippen molar-refractivity contribution in [2.75, 3.05) is 63.9 Å². The van der Waals surface area contributed by atoms with Crippen LogP contribution in [0.4, 0.5) is 14.5 Å². The highest BCUT2D eigenvalue weighted by molar-refractivity contribution is 5.91. The van der Waals surface area contributed by atoms with Crippen molar-refractivity contribution < 1.29 is 23.4 Å². The third-order valence-electron chi connectivity index (χ3n) is 9.24. The Hall–Kier alpha value is -3.27. The first-order chi connectivity index (χ1) is 20.4. The van der Waals surface area contributed by atoms with Crippen LogP contribution in [0, 0.1) is 17.6 Å². The number of carbonyl (C=O) groups is 1. The summed E-state index contributed by atoms with van der Waals surface area (Å²) in [4.78, 5) is 22.6. The third kappa shape index (κ3) is 6.69. The molecule has 3 aliphatic heterocycles. The number of benzene rings is 2. The Labute approximate surface area is 245 Å². The average molecular weight is 579 g/mol. The molecule has 4 heterocycles. The predicted octanol–water partition coefficient (Wildman–Crippen LogP) is 4.78. The van der Waals surface area contributed by atoms with Gasteiger partial charge in [-0.25, -0.2) is 8.78 Å². The number of aromatic amines is 1. The molecule has 6 rings (SSSR count). The second-order valence-electron chi connectivity index (χ2n) is 11.9. The Morgan fingerprint density at radius 1 is 0.976 bits per heavy atom. The molecule has 1 atom stereocenters. The lowest BCUT2D eigenvalue weighted by Crippen LogP contribution is -2.45. The fourth-order valence-corrected chi connectivity index (χ4v) is 6.78. The summed E-state index contributed by atoms with van der Waals surface area (Å²) >= 11 is 0. The highest BCUT2D eigenvalue weighted by Crippen LogP contribution is 2.35. The molecule has 1 aromatic heterocycles. The van der Waals surface area contributed by atoms with E-state index in [4.69, 9.17) is 4.74 Å². The van der Waals surface area contributed by atoms with Crippen molar-refractivity contribution >= 4 is 28.6 Å². The number of aliphatic hydroxyl groups is 1.